The van der Waals surface area contributed by atoms with Gasteiger partial charge in [-0.1, -0.05) is 6.92 Å². The molecule has 2 amide bonds. The molecule has 0 atom stereocenters. The first-order valence-corrected chi connectivity index (χ1v) is 5.19. The highest BCUT2D eigenvalue weighted by molar-refractivity contribution is 5.86. The molecule has 0 aromatic rings. The van der Waals surface area contributed by atoms with Crippen molar-refractivity contribution in [3.8, 4) is 0 Å². The largest absolute Gasteiger partial charge is 0.481 e. The number of aliphatic carboxylic acids is 1. The lowest BCUT2D eigenvalue weighted by Gasteiger charge is -2.16. The number of nitrogens with zero attached hydrogens (tertiary/aromatic N) is 1. The van der Waals surface area contributed by atoms with Crippen molar-refractivity contribution in [3.05, 3.63) is 0 Å². The third-order valence-corrected chi connectivity index (χ3v) is 1.93. The first kappa shape index (κ1) is 14.4. The van der Waals surface area contributed by atoms with Crippen LogP contribution in [0.2, 0.25) is 0 Å². The van der Waals surface area contributed by atoms with E-state index in [2.05, 4.69) is 5.32 Å². The molecule has 0 spiro atoms. The standard InChI is InChI=1S/C10H18N2O4/c1-3-6-11-8(13)7-12(2)9(14)4-5-10(15)16/h3-7H2,1-2H3,(H,11,13)(H,15,16). The fourth-order valence-electron chi connectivity index (χ4n) is 1.03. The zero-order chi connectivity index (χ0) is 12.6. The van der Waals surface area contributed by atoms with Gasteiger partial charge in [-0.3, -0.25) is 14.4 Å². The van der Waals surface area contributed by atoms with Gasteiger partial charge in [0.2, 0.25) is 11.8 Å². The molecule has 0 aliphatic rings. The van der Waals surface area contributed by atoms with Crippen molar-refractivity contribution in [2.45, 2.75) is 26.2 Å². The van der Waals surface area contributed by atoms with Crippen LogP contribution in [-0.4, -0.2) is 47.9 Å². The number of carbonyl (C=O) groups is 3. The highest BCUT2D eigenvalue weighted by atomic mass is 16.4. The highest BCUT2D eigenvalue weighted by Gasteiger charge is 2.13. The molecule has 0 heterocycles. The predicted octanol–water partition coefficient (Wildman–Crippen LogP) is -0.164. The molecule has 0 aromatic heterocycles. The molecule has 0 rings (SSSR count). The molecule has 6 nitrogen and oxygen atoms in total. The van der Waals surface area contributed by atoms with Crippen LogP contribution >= 0.6 is 0 Å². The van der Waals surface area contributed by atoms with Crippen molar-refractivity contribution >= 4 is 17.8 Å². The van der Waals surface area contributed by atoms with E-state index in [1.54, 1.807) is 0 Å². The van der Waals surface area contributed by atoms with Crippen molar-refractivity contribution in [3.63, 3.8) is 0 Å². The average Bonchev–Trinajstić information content (AvgIpc) is 2.22. The Labute approximate surface area is 94.6 Å². The normalized spacial score (nSPS) is 9.62. The summed E-state index contributed by atoms with van der Waals surface area (Å²) >= 11 is 0. The van der Waals surface area contributed by atoms with Crippen LogP contribution in [-0.2, 0) is 14.4 Å². The van der Waals surface area contributed by atoms with Gasteiger partial charge in [-0.05, 0) is 6.42 Å². The number of amides is 2. The molecule has 0 saturated carbocycles. The Morgan fingerprint density at radius 2 is 1.88 bits per heavy atom. The second-order valence-corrected chi connectivity index (χ2v) is 3.49. The Morgan fingerprint density at radius 3 is 2.38 bits per heavy atom. The number of hydrogen-bond acceptors (Lipinski definition) is 3. The number of carboxylic acid groups (broad SMARTS) is 1. The fraction of sp³-hybridized carbons (Fsp3) is 0.700. The second kappa shape index (κ2) is 7.67. The number of nitrogens with one attached hydrogen (secondary N) is 1. The molecule has 2 N–H and O–H groups in total. The van der Waals surface area contributed by atoms with Crippen LogP contribution in [0.3, 0.4) is 0 Å². The summed E-state index contributed by atoms with van der Waals surface area (Å²) in [4.78, 5) is 34.0. The van der Waals surface area contributed by atoms with E-state index < -0.39 is 5.97 Å². The van der Waals surface area contributed by atoms with E-state index in [0.717, 1.165) is 6.42 Å². The number of carboxylic acids is 1. The molecule has 0 fully saturated rings. The van der Waals surface area contributed by atoms with E-state index >= 15 is 0 Å². The van der Waals surface area contributed by atoms with Gasteiger partial charge >= 0.3 is 5.97 Å². The van der Waals surface area contributed by atoms with Crippen LogP contribution in [0.25, 0.3) is 0 Å². The summed E-state index contributed by atoms with van der Waals surface area (Å²) in [5, 5.41) is 11.0. The molecule has 0 aliphatic heterocycles. The van der Waals surface area contributed by atoms with E-state index in [4.69, 9.17) is 5.11 Å². The molecule has 0 aromatic carbocycles. The average molecular weight is 230 g/mol. The van der Waals surface area contributed by atoms with Crippen molar-refractivity contribution in [2.75, 3.05) is 20.1 Å². The van der Waals surface area contributed by atoms with E-state index in [9.17, 15) is 14.4 Å². The quantitative estimate of drug-likeness (QED) is 0.636. The molecular weight excluding hydrogens is 212 g/mol. The zero-order valence-electron chi connectivity index (χ0n) is 9.65. The molecule has 0 unspecified atom stereocenters. The van der Waals surface area contributed by atoms with E-state index in [1.807, 2.05) is 6.92 Å². The number of hydrogen-bond donors (Lipinski definition) is 2. The molecule has 6 heteroatoms. The summed E-state index contributed by atoms with van der Waals surface area (Å²) in [7, 11) is 1.48. The maximum atomic E-state index is 11.3. The Balaban J connectivity index is 3.86. The molecule has 0 bridgehead atoms. The molecule has 0 aliphatic carbocycles. The Bertz CT molecular complexity index is 266. The predicted molar refractivity (Wildman–Crippen MR) is 57.8 cm³/mol. The monoisotopic (exact) mass is 230 g/mol. The minimum atomic E-state index is -1.02. The summed E-state index contributed by atoms with van der Waals surface area (Å²) in [6.07, 6.45) is 0.551. The van der Waals surface area contributed by atoms with Crippen LogP contribution in [0, 0.1) is 0 Å². The Morgan fingerprint density at radius 1 is 1.25 bits per heavy atom. The molecule has 0 radical (unpaired) electrons. The topological polar surface area (TPSA) is 86.7 Å². The number of likely N-dealkylation sites (N-methyl/N-ethyl adjacent to an activating group) is 1. The third-order valence-electron chi connectivity index (χ3n) is 1.93. The van der Waals surface area contributed by atoms with Crippen LogP contribution in [0.4, 0.5) is 0 Å². The van der Waals surface area contributed by atoms with Gasteiger partial charge < -0.3 is 15.3 Å². The van der Waals surface area contributed by atoms with E-state index in [0.29, 0.717) is 6.54 Å². The smallest absolute Gasteiger partial charge is 0.303 e. The van der Waals surface area contributed by atoms with Crippen molar-refractivity contribution in [2.24, 2.45) is 0 Å². The van der Waals surface area contributed by atoms with Crippen LogP contribution < -0.4 is 5.32 Å². The van der Waals surface area contributed by atoms with E-state index in [-0.39, 0.29) is 31.2 Å². The minimum absolute atomic E-state index is 0.0293. The molecular formula is C10H18N2O4. The summed E-state index contributed by atoms with van der Waals surface area (Å²) in [5.74, 6) is -1.58. The van der Waals surface area contributed by atoms with Crippen LogP contribution in [0.5, 0.6) is 0 Å². The first-order chi connectivity index (χ1) is 7.47. The fourth-order valence-corrected chi connectivity index (χ4v) is 1.03. The van der Waals surface area contributed by atoms with Gasteiger partial charge in [-0.15, -0.1) is 0 Å². The SMILES string of the molecule is CCCNC(=O)CN(C)C(=O)CCC(=O)O. The van der Waals surface area contributed by atoms with Gasteiger partial charge in [0.15, 0.2) is 0 Å². The molecule has 16 heavy (non-hydrogen) atoms. The van der Waals surface area contributed by atoms with Crippen molar-refractivity contribution in [1.29, 1.82) is 0 Å². The first-order valence-electron chi connectivity index (χ1n) is 5.19. The van der Waals surface area contributed by atoms with Crippen LogP contribution in [0.15, 0.2) is 0 Å². The maximum absolute atomic E-state index is 11.3. The third kappa shape index (κ3) is 6.80. The molecule has 0 saturated heterocycles. The van der Waals surface area contributed by atoms with Gasteiger partial charge in [0.05, 0.1) is 13.0 Å². The lowest BCUT2D eigenvalue weighted by Crippen LogP contribution is -2.38. The van der Waals surface area contributed by atoms with Gasteiger partial charge in [-0.25, -0.2) is 0 Å². The van der Waals surface area contributed by atoms with E-state index in [1.165, 1.54) is 11.9 Å². The summed E-state index contributed by atoms with van der Waals surface area (Å²) in [6, 6.07) is 0. The van der Waals surface area contributed by atoms with Crippen LogP contribution in [0.1, 0.15) is 26.2 Å². The highest BCUT2D eigenvalue weighted by Crippen LogP contribution is 1.95. The van der Waals surface area contributed by atoms with Crippen molar-refractivity contribution in [1.82, 2.24) is 10.2 Å². The lowest BCUT2D eigenvalue weighted by molar-refractivity contribution is -0.141. The second-order valence-electron chi connectivity index (χ2n) is 3.49. The summed E-state index contributed by atoms with van der Waals surface area (Å²) in [5.41, 5.74) is 0. The van der Waals surface area contributed by atoms with Crippen molar-refractivity contribution < 1.29 is 19.5 Å². The van der Waals surface area contributed by atoms with Gasteiger partial charge in [0, 0.05) is 20.0 Å². The number of carbonyl (C=O) groups excluding carboxylic acids is 2. The zero-order valence-corrected chi connectivity index (χ0v) is 9.65. The maximum Gasteiger partial charge on any atom is 0.303 e. The summed E-state index contributed by atoms with van der Waals surface area (Å²) < 4.78 is 0. The van der Waals surface area contributed by atoms with Gasteiger partial charge in [-0.2, -0.15) is 0 Å². The minimum Gasteiger partial charge on any atom is -0.481 e. The lowest BCUT2D eigenvalue weighted by atomic mass is 10.3. The molecule has 92 valence electrons. The van der Waals surface area contributed by atoms with Gasteiger partial charge in [0.1, 0.15) is 0 Å². The Kier molecular flexibility index (Phi) is 6.91. The Hall–Kier alpha value is -1.59. The van der Waals surface area contributed by atoms with Gasteiger partial charge in [0.25, 0.3) is 0 Å². The number of rotatable bonds is 7. The summed E-state index contributed by atoms with van der Waals surface area (Å²) in [6.45, 7) is 2.48.